The quantitative estimate of drug-likeness (QED) is 0.396. The Hall–Kier alpha value is -2.12. The number of likely N-dealkylation sites (N-methyl/N-ethyl adjacent to an activating group) is 1. The van der Waals surface area contributed by atoms with Crippen molar-refractivity contribution in [2.45, 2.75) is 39.3 Å². The topological polar surface area (TPSA) is 46.1 Å². The number of rotatable bonds is 7. The number of likely N-dealkylation sites (tertiary alicyclic amines) is 1. The SMILES string of the molecule is C=C(C)CN1CCC(NC(=NC)NCc2ccc(N3CCN(CC)CC3)c(F)c2)CC1. The number of aliphatic imine (C=N–C) groups is 1. The van der Waals surface area contributed by atoms with Gasteiger partial charge in [0.2, 0.25) is 0 Å². The molecule has 7 heteroatoms. The molecule has 0 bridgehead atoms. The molecule has 0 radical (unpaired) electrons. The summed E-state index contributed by atoms with van der Waals surface area (Å²) >= 11 is 0. The van der Waals surface area contributed by atoms with Crippen LogP contribution in [0, 0.1) is 5.82 Å². The number of nitrogens with zero attached hydrogens (tertiary/aromatic N) is 4. The third-order valence-electron chi connectivity index (χ3n) is 6.28. The van der Waals surface area contributed by atoms with E-state index in [4.69, 9.17) is 0 Å². The highest BCUT2D eigenvalue weighted by Gasteiger charge is 2.20. The zero-order chi connectivity index (χ0) is 22.2. The lowest BCUT2D eigenvalue weighted by Crippen LogP contribution is -2.48. The van der Waals surface area contributed by atoms with Crippen molar-refractivity contribution in [3.8, 4) is 0 Å². The Kier molecular flexibility index (Phi) is 8.72. The maximum atomic E-state index is 14.8. The maximum absolute atomic E-state index is 14.8. The van der Waals surface area contributed by atoms with Gasteiger partial charge in [0.1, 0.15) is 5.82 Å². The molecule has 0 spiro atoms. The highest BCUT2D eigenvalue weighted by Crippen LogP contribution is 2.22. The predicted octanol–water partition coefficient (Wildman–Crippen LogP) is 2.67. The molecule has 6 nitrogen and oxygen atoms in total. The number of nitrogens with one attached hydrogen (secondary N) is 2. The zero-order valence-electron chi connectivity index (χ0n) is 19.5. The third kappa shape index (κ3) is 6.94. The lowest BCUT2D eigenvalue weighted by molar-refractivity contribution is 0.221. The Balaban J connectivity index is 1.46. The van der Waals surface area contributed by atoms with E-state index in [1.54, 1.807) is 13.1 Å². The molecular weight excluding hydrogens is 391 g/mol. The van der Waals surface area contributed by atoms with Crippen molar-refractivity contribution in [2.75, 3.05) is 64.3 Å². The van der Waals surface area contributed by atoms with Gasteiger partial charge in [0.25, 0.3) is 0 Å². The molecule has 0 aromatic heterocycles. The first-order chi connectivity index (χ1) is 15.0. The van der Waals surface area contributed by atoms with Crippen molar-refractivity contribution in [3.63, 3.8) is 0 Å². The molecule has 1 aromatic carbocycles. The lowest BCUT2D eigenvalue weighted by Gasteiger charge is -2.35. The van der Waals surface area contributed by atoms with E-state index in [1.165, 1.54) is 5.57 Å². The smallest absolute Gasteiger partial charge is 0.191 e. The molecular formula is C24H39FN6. The van der Waals surface area contributed by atoms with E-state index in [2.05, 4.69) is 50.8 Å². The molecule has 2 aliphatic heterocycles. The van der Waals surface area contributed by atoms with Crippen LogP contribution in [0.25, 0.3) is 0 Å². The second-order valence-corrected chi connectivity index (χ2v) is 8.78. The van der Waals surface area contributed by atoms with Crippen LogP contribution < -0.4 is 15.5 Å². The fourth-order valence-electron chi connectivity index (χ4n) is 4.41. The Morgan fingerprint density at radius 1 is 1.13 bits per heavy atom. The molecule has 2 heterocycles. The fourth-order valence-corrected chi connectivity index (χ4v) is 4.41. The molecule has 0 aliphatic carbocycles. The van der Waals surface area contributed by atoms with Crippen LogP contribution >= 0.6 is 0 Å². The summed E-state index contributed by atoms with van der Waals surface area (Å²) < 4.78 is 14.8. The van der Waals surface area contributed by atoms with Crippen LogP contribution in [0.4, 0.5) is 10.1 Å². The highest BCUT2D eigenvalue weighted by atomic mass is 19.1. The van der Waals surface area contributed by atoms with Crippen LogP contribution in [0.15, 0.2) is 35.3 Å². The third-order valence-corrected chi connectivity index (χ3v) is 6.28. The van der Waals surface area contributed by atoms with Crippen molar-refractivity contribution >= 4 is 11.6 Å². The average Bonchev–Trinajstić information content (AvgIpc) is 2.77. The molecule has 2 aliphatic rings. The minimum absolute atomic E-state index is 0.142. The molecule has 0 atom stereocenters. The number of guanidine groups is 1. The summed E-state index contributed by atoms with van der Waals surface area (Å²) in [5, 5.41) is 6.86. The van der Waals surface area contributed by atoms with E-state index in [9.17, 15) is 4.39 Å². The number of benzene rings is 1. The molecule has 0 saturated carbocycles. The maximum Gasteiger partial charge on any atom is 0.191 e. The van der Waals surface area contributed by atoms with Crippen LogP contribution in [0.1, 0.15) is 32.3 Å². The second kappa shape index (κ2) is 11.5. The summed E-state index contributed by atoms with van der Waals surface area (Å²) in [6.45, 7) is 16.7. The van der Waals surface area contributed by atoms with Gasteiger partial charge in [-0.1, -0.05) is 25.1 Å². The summed E-state index contributed by atoms with van der Waals surface area (Å²) in [4.78, 5) is 11.4. The van der Waals surface area contributed by atoms with Gasteiger partial charge < -0.3 is 20.4 Å². The lowest BCUT2D eigenvalue weighted by atomic mass is 10.0. The van der Waals surface area contributed by atoms with Crippen LogP contribution in [-0.2, 0) is 6.54 Å². The molecule has 2 fully saturated rings. The second-order valence-electron chi connectivity index (χ2n) is 8.78. The summed E-state index contributed by atoms with van der Waals surface area (Å²) in [5.41, 5.74) is 2.85. The van der Waals surface area contributed by atoms with Gasteiger partial charge in [0.15, 0.2) is 5.96 Å². The number of piperazine rings is 1. The van der Waals surface area contributed by atoms with Gasteiger partial charge >= 0.3 is 0 Å². The van der Waals surface area contributed by atoms with Gasteiger partial charge in [-0.25, -0.2) is 4.39 Å². The molecule has 0 amide bonds. The van der Waals surface area contributed by atoms with E-state index in [1.807, 2.05) is 12.1 Å². The first-order valence-corrected chi connectivity index (χ1v) is 11.6. The average molecular weight is 431 g/mol. The monoisotopic (exact) mass is 430 g/mol. The number of hydrogen-bond donors (Lipinski definition) is 2. The van der Waals surface area contributed by atoms with E-state index >= 15 is 0 Å². The molecule has 31 heavy (non-hydrogen) atoms. The van der Waals surface area contributed by atoms with Crippen molar-refractivity contribution in [2.24, 2.45) is 4.99 Å². The van der Waals surface area contributed by atoms with Crippen LogP contribution in [0.3, 0.4) is 0 Å². The number of hydrogen-bond acceptors (Lipinski definition) is 4. The minimum Gasteiger partial charge on any atom is -0.367 e. The first kappa shape index (κ1) is 23.5. The summed E-state index contributed by atoms with van der Waals surface area (Å²) in [6.07, 6.45) is 2.17. The van der Waals surface area contributed by atoms with E-state index < -0.39 is 0 Å². The number of halogens is 1. The fraction of sp³-hybridized carbons (Fsp3) is 0.625. The minimum atomic E-state index is -0.142. The van der Waals surface area contributed by atoms with E-state index in [-0.39, 0.29) is 5.82 Å². The van der Waals surface area contributed by atoms with Crippen LogP contribution in [0.2, 0.25) is 0 Å². The van der Waals surface area contributed by atoms with Crippen molar-refractivity contribution in [1.29, 1.82) is 0 Å². The first-order valence-electron chi connectivity index (χ1n) is 11.6. The summed E-state index contributed by atoms with van der Waals surface area (Å²) in [6, 6.07) is 5.99. The van der Waals surface area contributed by atoms with Gasteiger partial charge in [0, 0.05) is 65.4 Å². The van der Waals surface area contributed by atoms with Crippen molar-refractivity contribution in [3.05, 3.63) is 41.7 Å². The van der Waals surface area contributed by atoms with E-state index in [0.29, 0.717) is 18.3 Å². The van der Waals surface area contributed by atoms with Crippen LogP contribution in [-0.4, -0.2) is 81.2 Å². The van der Waals surface area contributed by atoms with Gasteiger partial charge in [-0.2, -0.15) is 0 Å². The molecule has 2 saturated heterocycles. The molecule has 172 valence electrons. The van der Waals surface area contributed by atoms with E-state index in [0.717, 1.165) is 76.7 Å². The predicted molar refractivity (Wildman–Crippen MR) is 128 cm³/mol. The largest absolute Gasteiger partial charge is 0.367 e. The van der Waals surface area contributed by atoms with Gasteiger partial charge in [0.05, 0.1) is 5.69 Å². The Morgan fingerprint density at radius 3 is 2.42 bits per heavy atom. The number of piperidine rings is 1. The standard InChI is InChI=1S/C24H39FN6/c1-5-29-12-14-31(15-13-29)23-7-6-20(16-22(23)25)17-27-24(26-4)28-21-8-10-30(11-9-21)18-19(2)3/h6-7,16,21H,2,5,8-15,17-18H2,1,3-4H3,(H2,26,27,28). The van der Waals surface area contributed by atoms with Gasteiger partial charge in [-0.05, 0) is 44.0 Å². The normalized spacial score (nSPS) is 19.5. The van der Waals surface area contributed by atoms with Crippen molar-refractivity contribution < 1.29 is 4.39 Å². The van der Waals surface area contributed by atoms with Gasteiger partial charge in [-0.15, -0.1) is 0 Å². The van der Waals surface area contributed by atoms with Crippen LogP contribution in [0.5, 0.6) is 0 Å². The Labute approximate surface area is 187 Å². The zero-order valence-corrected chi connectivity index (χ0v) is 19.5. The molecule has 0 unspecified atom stereocenters. The van der Waals surface area contributed by atoms with Gasteiger partial charge in [-0.3, -0.25) is 9.89 Å². The highest BCUT2D eigenvalue weighted by molar-refractivity contribution is 5.80. The molecule has 1 aromatic rings. The van der Waals surface area contributed by atoms with Crippen molar-refractivity contribution in [1.82, 2.24) is 20.4 Å². The Bertz CT molecular complexity index is 748. The summed E-state index contributed by atoms with van der Waals surface area (Å²) in [5.74, 6) is 0.635. The summed E-state index contributed by atoms with van der Waals surface area (Å²) in [7, 11) is 1.78. The molecule has 2 N–H and O–H groups in total. The number of anilines is 1. The Morgan fingerprint density at radius 2 is 1.84 bits per heavy atom. The molecule has 3 rings (SSSR count).